The molecule has 0 bridgehead atoms. The van der Waals surface area contributed by atoms with Crippen LogP contribution in [-0.4, -0.2) is 43.4 Å². The number of hydrogen-bond donors (Lipinski definition) is 2. The van der Waals surface area contributed by atoms with Gasteiger partial charge < -0.3 is 10.6 Å². The first-order valence-electron chi connectivity index (χ1n) is 8.18. The van der Waals surface area contributed by atoms with E-state index in [9.17, 15) is 17.6 Å². The normalized spacial score (nSPS) is 16.4. The first kappa shape index (κ1) is 21.7. The molecule has 27 heavy (non-hydrogen) atoms. The van der Waals surface area contributed by atoms with E-state index in [4.69, 9.17) is 0 Å². The third kappa shape index (κ3) is 4.31. The number of nitrogens with zero attached hydrogens (tertiary/aromatic N) is 1. The topological polar surface area (TPSA) is 88.2 Å². The summed E-state index contributed by atoms with van der Waals surface area (Å²) in [6, 6.07) is 5.93. The highest BCUT2D eigenvalue weighted by Crippen LogP contribution is 2.33. The SMILES string of the molecule is Cc1sc(NC(=O)C2(S(C)(=O)=O)CCNCC2)nc1-c1ccc(F)cc1.Cl. The Morgan fingerprint density at radius 3 is 2.41 bits per heavy atom. The predicted molar refractivity (Wildman–Crippen MR) is 108 cm³/mol. The number of hydrogen-bond acceptors (Lipinski definition) is 6. The number of nitrogens with one attached hydrogen (secondary N) is 2. The molecule has 1 amide bonds. The summed E-state index contributed by atoms with van der Waals surface area (Å²) in [5.41, 5.74) is 1.38. The number of piperidine rings is 1. The molecule has 10 heteroatoms. The predicted octanol–water partition coefficient (Wildman–Crippen LogP) is 2.78. The first-order chi connectivity index (χ1) is 12.2. The van der Waals surface area contributed by atoms with Crippen LogP contribution in [0.5, 0.6) is 0 Å². The van der Waals surface area contributed by atoms with Crippen molar-refractivity contribution < 1.29 is 17.6 Å². The van der Waals surface area contributed by atoms with Crippen molar-refractivity contribution in [2.45, 2.75) is 24.5 Å². The van der Waals surface area contributed by atoms with Gasteiger partial charge in [-0.3, -0.25) is 4.79 Å². The van der Waals surface area contributed by atoms with Crippen molar-refractivity contribution in [2.75, 3.05) is 24.7 Å². The molecule has 1 aliphatic rings. The van der Waals surface area contributed by atoms with E-state index in [2.05, 4.69) is 15.6 Å². The molecular weight excluding hydrogens is 413 g/mol. The largest absolute Gasteiger partial charge is 0.317 e. The van der Waals surface area contributed by atoms with Crippen LogP contribution >= 0.6 is 23.7 Å². The molecule has 1 saturated heterocycles. The molecule has 0 unspecified atom stereocenters. The van der Waals surface area contributed by atoms with Gasteiger partial charge in [-0.15, -0.1) is 23.7 Å². The van der Waals surface area contributed by atoms with E-state index < -0.39 is 20.5 Å². The van der Waals surface area contributed by atoms with E-state index in [-0.39, 0.29) is 31.1 Å². The minimum Gasteiger partial charge on any atom is -0.317 e. The van der Waals surface area contributed by atoms with Crippen molar-refractivity contribution in [3.63, 3.8) is 0 Å². The summed E-state index contributed by atoms with van der Waals surface area (Å²) in [6.45, 7) is 2.79. The van der Waals surface area contributed by atoms with E-state index in [1.807, 2.05) is 6.92 Å². The Morgan fingerprint density at radius 2 is 1.85 bits per heavy atom. The average molecular weight is 434 g/mol. The number of halogens is 2. The van der Waals surface area contributed by atoms with Gasteiger partial charge in [-0.1, -0.05) is 0 Å². The number of sulfone groups is 1. The molecule has 148 valence electrons. The van der Waals surface area contributed by atoms with Gasteiger partial charge in [-0.2, -0.15) is 0 Å². The van der Waals surface area contributed by atoms with Crippen molar-refractivity contribution in [1.29, 1.82) is 0 Å². The molecule has 1 aromatic heterocycles. The molecule has 0 saturated carbocycles. The molecule has 1 aromatic carbocycles. The van der Waals surface area contributed by atoms with Gasteiger partial charge in [0.25, 0.3) is 0 Å². The van der Waals surface area contributed by atoms with Gasteiger partial charge >= 0.3 is 0 Å². The van der Waals surface area contributed by atoms with Gasteiger partial charge in [0.05, 0.1) is 5.69 Å². The van der Waals surface area contributed by atoms with Crippen LogP contribution in [0.25, 0.3) is 11.3 Å². The maximum atomic E-state index is 13.1. The van der Waals surface area contributed by atoms with Crippen LogP contribution in [0.1, 0.15) is 17.7 Å². The van der Waals surface area contributed by atoms with Crippen LogP contribution in [0.2, 0.25) is 0 Å². The van der Waals surface area contributed by atoms with Crippen molar-refractivity contribution in [1.82, 2.24) is 10.3 Å². The number of amides is 1. The Balaban J connectivity index is 0.00000261. The van der Waals surface area contributed by atoms with Crippen molar-refractivity contribution in [3.8, 4) is 11.3 Å². The zero-order valence-electron chi connectivity index (χ0n) is 14.9. The average Bonchev–Trinajstić information content (AvgIpc) is 2.95. The molecule has 2 heterocycles. The molecule has 6 nitrogen and oxygen atoms in total. The lowest BCUT2D eigenvalue weighted by Crippen LogP contribution is -2.55. The second kappa shape index (κ2) is 8.22. The summed E-state index contributed by atoms with van der Waals surface area (Å²) in [4.78, 5) is 18.1. The second-order valence-corrected chi connectivity index (χ2v) is 9.93. The number of anilines is 1. The number of aryl methyl sites for hydroxylation is 1. The molecular formula is C17H21ClFN3O3S2. The van der Waals surface area contributed by atoms with E-state index in [0.29, 0.717) is 23.9 Å². The lowest BCUT2D eigenvalue weighted by atomic mass is 9.96. The van der Waals surface area contributed by atoms with Gasteiger partial charge in [0.2, 0.25) is 5.91 Å². The van der Waals surface area contributed by atoms with Crippen molar-refractivity contribution >= 4 is 44.6 Å². The molecule has 1 aliphatic heterocycles. The number of carbonyl (C=O) groups is 1. The van der Waals surface area contributed by atoms with Gasteiger partial charge in [0, 0.05) is 16.7 Å². The van der Waals surface area contributed by atoms with E-state index in [1.54, 1.807) is 12.1 Å². The maximum Gasteiger partial charge on any atom is 0.247 e. The van der Waals surface area contributed by atoms with Crippen LogP contribution in [0.15, 0.2) is 24.3 Å². The standard InChI is InChI=1S/C17H20FN3O3S2.ClH/c1-11-14(12-3-5-13(18)6-4-12)20-16(25-11)21-15(22)17(26(2,23)24)7-9-19-10-8-17;/h3-6,19H,7-10H2,1-2H3,(H,20,21,22);1H. The summed E-state index contributed by atoms with van der Waals surface area (Å²) in [7, 11) is -3.58. The second-order valence-electron chi connectivity index (χ2n) is 6.40. The summed E-state index contributed by atoms with van der Waals surface area (Å²) in [5, 5.41) is 6.11. The number of carbonyl (C=O) groups excluding carboxylic acids is 1. The highest BCUT2D eigenvalue weighted by atomic mass is 35.5. The Bertz CT molecular complexity index is 923. The van der Waals surface area contributed by atoms with Crippen LogP contribution < -0.4 is 10.6 Å². The highest BCUT2D eigenvalue weighted by Gasteiger charge is 2.48. The van der Waals surface area contributed by atoms with Crippen molar-refractivity contribution in [2.24, 2.45) is 0 Å². The number of aromatic nitrogens is 1. The summed E-state index contributed by atoms with van der Waals surface area (Å²) >= 11 is 1.27. The Labute approximate surface area is 167 Å². The Kier molecular flexibility index (Phi) is 6.62. The van der Waals surface area contributed by atoms with E-state index in [1.165, 1.54) is 23.5 Å². The van der Waals surface area contributed by atoms with E-state index in [0.717, 1.165) is 16.7 Å². The van der Waals surface area contributed by atoms with Gasteiger partial charge in [0.1, 0.15) is 5.82 Å². The number of rotatable bonds is 4. The lowest BCUT2D eigenvalue weighted by molar-refractivity contribution is -0.119. The molecule has 0 radical (unpaired) electrons. The van der Waals surface area contributed by atoms with Crippen LogP contribution in [-0.2, 0) is 14.6 Å². The first-order valence-corrected chi connectivity index (χ1v) is 10.9. The molecule has 2 aromatic rings. The Morgan fingerprint density at radius 1 is 1.26 bits per heavy atom. The van der Waals surface area contributed by atoms with Crippen molar-refractivity contribution in [3.05, 3.63) is 35.0 Å². The zero-order valence-corrected chi connectivity index (χ0v) is 17.4. The molecule has 3 rings (SSSR count). The van der Waals surface area contributed by atoms with Crippen LogP contribution in [0, 0.1) is 12.7 Å². The van der Waals surface area contributed by atoms with E-state index >= 15 is 0 Å². The maximum absolute atomic E-state index is 13.1. The third-order valence-electron chi connectivity index (χ3n) is 4.67. The van der Waals surface area contributed by atoms with Gasteiger partial charge in [-0.25, -0.2) is 17.8 Å². The number of benzene rings is 1. The lowest BCUT2D eigenvalue weighted by Gasteiger charge is -2.33. The molecule has 1 fully saturated rings. The quantitative estimate of drug-likeness (QED) is 0.774. The smallest absolute Gasteiger partial charge is 0.247 e. The van der Waals surface area contributed by atoms with Crippen LogP contribution in [0.3, 0.4) is 0 Å². The molecule has 0 spiro atoms. The fraction of sp³-hybridized carbons (Fsp3) is 0.412. The molecule has 0 aliphatic carbocycles. The zero-order chi connectivity index (χ0) is 18.9. The highest BCUT2D eigenvalue weighted by molar-refractivity contribution is 7.92. The van der Waals surface area contributed by atoms with Gasteiger partial charge in [0.15, 0.2) is 19.7 Å². The Hall–Kier alpha value is -1.55. The minimum absolute atomic E-state index is 0. The summed E-state index contributed by atoms with van der Waals surface area (Å²) in [5.74, 6) is -0.878. The third-order valence-corrected chi connectivity index (χ3v) is 7.57. The minimum atomic E-state index is -3.58. The fourth-order valence-corrected chi connectivity index (χ4v) is 5.30. The monoisotopic (exact) mass is 433 g/mol. The fourth-order valence-electron chi connectivity index (χ4n) is 3.13. The molecule has 2 N–H and O–H groups in total. The summed E-state index contributed by atoms with van der Waals surface area (Å²) < 4.78 is 36.3. The number of thiazole rings is 1. The molecule has 0 atom stereocenters. The van der Waals surface area contributed by atoms with Gasteiger partial charge in [-0.05, 0) is 57.1 Å². The van der Waals surface area contributed by atoms with Crippen LogP contribution in [0.4, 0.5) is 9.52 Å². The summed E-state index contributed by atoms with van der Waals surface area (Å²) in [6.07, 6.45) is 1.56.